The molecule has 7 heteroatoms. The molecule has 0 saturated heterocycles. The topological polar surface area (TPSA) is 66.6 Å². The van der Waals surface area contributed by atoms with Crippen LogP contribution in [0, 0.1) is 0 Å². The summed E-state index contributed by atoms with van der Waals surface area (Å²) in [7, 11) is 1.78. The number of nitrogens with one attached hydrogen (secondary N) is 2. The van der Waals surface area contributed by atoms with E-state index >= 15 is 0 Å². The number of halogens is 1. The predicted octanol–water partition coefficient (Wildman–Crippen LogP) is 3.21. The fourth-order valence-corrected chi connectivity index (χ4v) is 2.84. The van der Waals surface area contributed by atoms with Gasteiger partial charge in [0.15, 0.2) is 17.4 Å². The van der Waals surface area contributed by atoms with Crippen LogP contribution in [0.5, 0.6) is 0 Å². The Hall–Kier alpha value is -2.16. The lowest BCUT2D eigenvalue weighted by Crippen LogP contribution is -2.39. The fraction of sp³-hybridized carbons (Fsp3) is 0.316. The molecule has 3 aromatic rings. The third kappa shape index (κ3) is 4.94. The molecule has 0 spiro atoms. The Morgan fingerprint density at radius 2 is 1.85 bits per heavy atom. The number of guanidine groups is 1. The highest BCUT2D eigenvalue weighted by Gasteiger charge is 2.10. The number of benzene rings is 1. The second kappa shape index (κ2) is 10.1. The summed E-state index contributed by atoms with van der Waals surface area (Å²) in [5.74, 6) is 2.07. The van der Waals surface area contributed by atoms with Gasteiger partial charge < -0.3 is 10.6 Å². The van der Waals surface area contributed by atoms with Crippen LogP contribution in [0.4, 0.5) is 0 Å². The van der Waals surface area contributed by atoms with Gasteiger partial charge in [-0.25, -0.2) is 0 Å². The first kappa shape index (κ1) is 20.2. The van der Waals surface area contributed by atoms with E-state index in [1.54, 1.807) is 7.05 Å². The SMILES string of the molecule is CCC(CNC(=NC)NCc1nnc2ccccn12)c1ccccc1.I. The lowest BCUT2D eigenvalue weighted by Gasteiger charge is -2.18. The number of aromatic nitrogens is 3. The van der Waals surface area contributed by atoms with Crippen molar-refractivity contribution in [3.8, 4) is 0 Å². The first-order valence-electron chi connectivity index (χ1n) is 8.60. The summed E-state index contributed by atoms with van der Waals surface area (Å²) in [5, 5.41) is 15.1. The fourth-order valence-electron chi connectivity index (χ4n) is 2.84. The summed E-state index contributed by atoms with van der Waals surface area (Å²) in [6.07, 6.45) is 3.04. The molecule has 0 aliphatic carbocycles. The van der Waals surface area contributed by atoms with Crippen molar-refractivity contribution in [2.24, 2.45) is 4.99 Å². The van der Waals surface area contributed by atoms with Gasteiger partial charge in [0.25, 0.3) is 0 Å². The summed E-state index contributed by atoms with van der Waals surface area (Å²) < 4.78 is 1.97. The molecule has 138 valence electrons. The van der Waals surface area contributed by atoms with E-state index in [0.717, 1.165) is 30.4 Å². The summed E-state index contributed by atoms with van der Waals surface area (Å²) in [4.78, 5) is 4.30. The van der Waals surface area contributed by atoms with Crippen LogP contribution in [0.25, 0.3) is 5.65 Å². The van der Waals surface area contributed by atoms with Gasteiger partial charge in [0, 0.05) is 25.7 Å². The molecule has 1 atom stereocenters. The van der Waals surface area contributed by atoms with Gasteiger partial charge in [-0.15, -0.1) is 34.2 Å². The van der Waals surface area contributed by atoms with Gasteiger partial charge in [-0.3, -0.25) is 9.39 Å². The van der Waals surface area contributed by atoms with Crippen LogP contribution < -0.4 is 10.6 Å². The number of hydrogen-bond acceptors (Lipinski definition) is 3. The van der Waals surface area contributed by atoms with E-state index in [2.05, 4.69) is 57.0 Å². The Labute approximate surface area is 171 Å². The van der Waals surface area contributed by atoms with Crippen molar-refractivity contribution in [3.05, 3.63) is 66.1 Å². The van der Waals surface area contributed by atoms with Crippen LogP contribution >= 0.6 is 24.0 Å². The number of fused-ring (bicyclic) bond motifs is 1. The Morgan fingerprint density at radius 3 is 2.58 bits per heavy atom. The van der Waals surface area contributed by atoms with E-state index in [1.165, 1.54) is 5.56 Å². The third-order valence-corrected chi connectivity index (χ3v) is 4.30. The molecule has 0 fully saturated rings. The zero-order valence-corrected chi connectivity index (χ0v) is 17.4. The first-order chi connectivity index (χ1) is 12.3. The minimum absolute atomic E-state index is 0. The smallest absolute Gasteiger partial charge is 0.191 e. The number of aliphatic imine (C=N–C) groups is 1. The van der Waals surface area contributed by atoms with Crippen molar-refractivity contribution in [3.63, 3.8) is 0 Å². The quantitative estimate of drug-likeness (QED) is 0.334. The van der Waals surface area contributed by atoms with Crippen LogP contribution in [-0.2, 0) is 6.54 Å². The summed E-state index contributed by atoms with van der Waals surface area (Å²) >= 11 is 0. The van der Waals surface area contributed by atoms with Crippen LogP contribution in [-0.4, -0.2) is 34.2 Å². The van der Waals surface area contributed by atoms with Gasteiger partial charge in [-0.1, -0.05) is 43.3 Å². The summed E-state index contributed by atoms with van der Waals surface area (Å²) in [5.41, 5.74) is 2.19. The van der Waals surface area contributed by atoms with Crippen molar-refractivity contribution in [1.82, 2.24) is 25.2 Å². The van der Waals surface area contributed by atoms with E-state index in [4.69, 9.17) is 0 Å². The van der Waals surface area contributed by atoms with E-state index in [-0.39, 0.29) is 24.0 Å². The molecule has 2 heterocycles. The lowest BCUT2D eigenvalue weighted by atomic mass is 9.97. The molecule has 1 unspecified atom stereocenters. The second-order valence-electron chi connectivity index (χ2n) is 5.87. The highest BCUT2D eigenvalue weighted by molar-refractivity contribution is 14.0. The van der Waals surface area contributed by atoms with Crippen LogP contribution in [0.1, 0.15) is 30.7 Å². The molecule has 0 aliphatic rings. The predicted molar refractivity (Wildman–Crippen MR) is 116 cm³/mol. The second-order valence-corrected chi connectivity index (χ2v) is 5.87. The number of hydrogen-bond donors (Lipinski definition) is 2. The van der Waals surface area contributed by atoms with Gasteiger partial charge in [0.05, 0.1) is 6.54 Å². The van der Waals surface area contributed by atoms with Gasteiger partial charge in [-0.2, -0.15) is 0 Å². The average molecular weight is 464 g/mol. The Balaban J connectivity index is 0.00000243. The van der Waals surface area contributed by atoms with E-state index in [9.17, 15) is 0 Å². The highest BCUT2D eigenvalue weighted by Crippen LogP contribution is 2.17. The van der Waals surface area contributed by atoms with Crippen molar-refractivity contribution in [2.45, 2.75) is 25.8 Å². The zero-order valence-electron chi connectivity index (χ0n) is 15.1. The molecule has 3 rings (SSSR count). The molecule has 26 heavy (non-hydrogen) atoms. The molecule has 0 amide bonds. The minimum Gasteiger partial charge on any atom is -0.356 e. The van der Waals surface area contributed by atoms with E-state index in [1.807, 2.05) is 34.9 Å². The summed E-state index contributed by atoms with van der Waals surface area (Å²) in [6.45, 7) is 3.60. The standard InChI is InChI=1S/C19H24N6.HI/c1-3-15(16-9-5-4-6-10-16)13-21-19(20-2)22-14-18-24-23-17-11-7-8-12-25(17)18;/h4-12,15H,3,13-14H2,1-2H3,(H2,20,21,22);1H. The number of pyridine rings is 1. The Kier molecular flexibility index (Phi) is 7.83. The maximum absolute atomic E-state index is 4.30. The molecule has 0 aliphatic heterocycles. The largest absolute Gasteiger partial charge is 0.356 e. The molecule has 6 nitrogen and oxygen atoms in total. The molecule has 0 radical (unpaired) electrons. The van der Waals surface area contributed by atoms with Crippen LogP contribution in [0.15, 0.2) is 59.7 Å². The zero-order chi connectivity index (χ0) is 17.5. The van der Waals surface area contributed by atoms with E-state index < -0.39 is 0 Å². The van der Waals surface area contributed by atoms with Gasteiger partial charge in [0.1, 0.15) is 0 Å². The molecule has 2 aromatic heterocycles. The Morgan fingerprint density at radius 1 is 1.08 bits per heavy atom. The molecule has 1 aromatic carbocycles. The van der Waals surface area contributed by atoms with Crippen molar-refractivity contribution >= 4 is 35.6 Å². The highest BCUT2D eigenvalue weighted by atomic mass is 127. The monoisotopic (exact) mass is 464 g/mol. The molecular weight excluding hydrogens is 439 g/mol. The first-order valence-corrected chi connectivity index (χ1v) is 8.60. The molecule has 2 N–H and O–H groups in total. The molecule has 0 saturated carbocycles. The summed E-state index contributed by atoms with van der Waals surface area (Å²) in [6, 6.07) is 16.4. The van der Waals surface area contributed by atoms with Crippen LogP contribution in [0.3, 0.4) is 0 Å². The maximum atomic E-state index is 4.30. The van der Waals surface area contributed by atoms with Crippen molar-refractivity contribution < 1.29 is 0 Å². The number of nitrogens with zero attached hydrogens (tertiary/aromatic N) is 4. The number of rotatable bonds is 6. The van der Waals surface area contributed by atoms with E-state index in [0.29, 0.717) is 12.5 Å². The molecular formula is C19H25IN6. The maximum Gasteiger partial charge on any atom is 0.191 e. The third-order valence-electron chi connectivity index (χ3n) is 4.30. The van der Waals surface area contributed by atoms with Crippen molar-refractivity contribution in [2.75, 3.05) is 13.6 Å². The minimum atomic E-state index is 0. The normalized spacial score (nSPS) is 12.5. The Bertz CT molecular complexity index is 830. The van der Waals surface area contributed by atoms with Gasteiger partial charge in [-0.05, 0) is 24.1 Å². The van der Waals surface area contributed by atoms with Crippen molar-refractivity contribution in [1.29, 1.82) is 0 Å². The van der Waals surface area contributed by atoms with Crippen LogP contribution in [0.2, 0.25) is 0 Å². The lowest BCUT2D eigenvalue weighted by molar-refractivity contribution is 0.628. The average Bonchev–Trinajstić information content (AvgIpc) is 3.09. The van der Waals surface area contributed by atoms with Gasteiger partial charge >= 0.3 is 0 Å². The molecule has 0 bridgehead atoms. The van der Waals surface area contributed by atoms with Gasteiger partial charge in [0.2, 0.25) is 0 Å².